The van der Waals surface area contributed by atoms with E-state index in [0.29, 0.717) is 6.04 Å². The predicted octanol–water partition coefficient (Wildman–Crippen LogP) is 4.27. The molecule has 88 valence electrons. The Bertz CT molecular complexity index is 436. The lowest BCUT2D eigenvalue weighted by Crippen LogP contribution is -2.26. The maximum absolute atomic E-state index is 2.41. The number of nitrogens with zero attached hydrogens (tertiary/aromatic N) is 1. The number of para-hydroxylation sites is 1. The van der Waals surface area contributed by atoms with E-state index >= 15 is 0 Å². The van der Waals surface area contributed by atoms with Crippen molar-refractivity contribution in [1.29, 1.82) is 0 Å². The van der Waals surface area contributed by atoms with Gasteiger partial charge in [0.2, 0.25) is 0 Å². The van der Waals surface area contributed by atoms with Gasteiger partial charge < -0.3 is 4.90 Å². The average molecular weight is 225 g/mol. The smallest absolute Gasteiger partial charge is 0.0514 e. The normalized spacial score (nSPS) is 12.1. The first-order chi connectivity index (χ1) is 8.33. The Morgan fingerprint density at radius 2 is 1.41 bits per heavy atom. The van der Waals surface area contributed by atoms with Crippen LogP contribution in [0, 0.1) is 0 Å². The average Bonchev–Trinajstić information content (AvgIpc) is 2.42. The van der Waals surface area contributed by atoms with Crippen molar-refractivity contribution in [2.45, 2.75) is 19.9 Å². The van der Waals surface area contributed by atoms with Crippen LogP contribution in [0.2, 0.25) is 0 Å². The highest BCUT2D eigenvalue weighted by molar-refractivity contribution is 5.48. The molecule has 2 rings (SSSR count). The second-order valence-corrected chi connectivity index (χ2v) is 4.21. The molecular formula is C16H19N. The van der Waals surface area contributed by atoms with E-state index in [-0.39, 0.29) is 0 Å². The van der Waals surface area contributed by atoms with Crippen LogP contribution < -0.4 is 4.90 Å². The van der Waals surface area contributed by atoms with E-state index in [4.69, 9.17) is 0 Å². The molecule has 17 heavy (non-hydrogen) atoms. The molecule has 1 nitrogen and oxygen atoms in total. The molecule has 1 unspecified atom stereocenters. The number of hydrogen-bond acceptors (Lipinski definition) is 1. The Kier molecular flexibility index (Phi) is 3.81. The van der Waals surface area contributed by atoms with Crippen molar-refractivity contribution in [3.05, 3.63) is 66.2 Å². The van der Waals surface area contributed by atoms with E-state index in [0.717, 1.165) is 6.54 Å². The minimum atomic E-state index is 0.406. The Labute approximate surface area is 104 Å². The SMILES string of the molecule is CCN(c1ccccc1)C(C)c1ccccc1. The van der Waals surface area contributed by atoms with Crippen LogP contribution in [-0.2, 0) is 0 Å². The van der Waals surface area contributed by atoms with Crippen molar-refractivity contribution < 1.29 is 0 Å². The lowest BCUT2D eigenvalue weighted by Gasteiger charge is -2.30. The Balaban J connectivity index is 2.25. The van der Waals surface area contributed by atoms with Crippen LogP contribution in [0.3, 0.4) is 0 Å². The summed E-state index contributed by atoms with van der Waals surface area (Å²) in [6.45, 7) is 5.47. The van der Waals surface area contributed by atoms with Crippen molar-refractivity contribution >= 4 is 5.69 Å². The summed E-state index contributed by atoms with van der Waals surface area (Å²) >= 11 is 0. The molecule has 0 aliphatic heterocycles. The highest BCUT2D eigenvalue weighted by atomic mass is 15.1. The zero-order chi connectivity index (χ0) is 12.1. The first-order valence-corrected chi connectivity index (χ1v) is 6.19. The van der Waals surface area contributed by atoms with Gasteiger partial charge in [-0.3, -0.25) is 0 Å². The Hall–Kier alpha value is -1.76. The van der Waals surface area contributed by atoms with Gasteiger partial charge >= 0.3 is 0 Å². The fourth-order valence-corrected chi connectivity index (χ4v) is 2.21. The molecule has 0 saturated heterocycles. The summed E-state index contributed by atoms with van der Waals surface area (Å²) in [5.74, 6) is 0. The maximum Gasteiger partial charge on any atom is 0.0514 e. The van der Waals surface area contributed by atoms with Gasteiger partial charge in [0, 0.05) is 12.2 Å². The molecule has 2 aromatic rings. The lowest BCUT2D eigenvalue weighted by molar-refractivity contribution is 0.690. The van der Waals surface area contributed by atoms with Gasteiger partial charge in [-0.05, 0) is 31.5 Å². The number of hydrogen-bond donors (Lipinski definition) is 0. The van der Waals surface area contributed by atoms with Gasteiger partial charge in [-0.25, -0.2) is 0 Å². The summed E-state index contributed by atoms with van der Waals surface area (Å²) in [5, 5.41) is 0. The maximum atomic E-state index is 2.41. The lowest BCUT2D eigenvalue weighted by atomic mass is 10.1. The third-order valence-corrected chi connectivity index (χ3v) is 3.18. The standard InChI is InChI=1S/C16H19N/c1-3-17(16-12-8-5-9-13-16)14(2)15-10-6-4-7-11-15/h4-14H,3H2,1-2H3. The topological polar surface area (TPSA) is 3.24 Å². The fourth-order valence-electron chi connectivity index (χ4n) is 2.21. The van der Waals surface area contributed by atoms with Gasteiger partial charge in [0.15, 0.2) is 0 Å². The Morgan fingerprint density at radius 3 is 1.94 bits per heavy atom. The molecule has 0 amide bonds. The molecule has 0 aliphatic carbocycles. The molecule has 0 radical (unpaired) electrons. The van der Waals surface area contributed by atoms with Crippen molar-refractivity contribution in [3.63, 3.8) is 0 Å². The number of anilines is 1. The molecule has 2 aromatic carbocycles. The second kappa shape index (κ2) is 5.53. The third kappa shape index (κ3) is 2.68. The largest absolute Gasteiger partial charge is 0.365 e. The quantitative estimate of drug-likeness (QED) is 0.751. The molecule has 0 aromatic heterocycles. The van der Waals surface area contributed by atoms with Crippen LogP contribution in [0.4, 0.5) is 5.69 Å². The van der Waals surface area contributed by atoms with Crippen LogP contribution >= 0.6 is 0 Å². The molecule has 1 heteroatoms. The molecule has 0 N–H and O–H groups in total. The first-order valence-electron chi connectivity index (χ1n) is 6.19. The summed E-state index contributed by atoms with van der Waals surface area (Å²) in [6, 6.07) is 21.6. The van der Waals surface area contributed by atoms with Crippen LogP contribution in [0.25, 0.3) is 0 Å². The van der Waals surface area contributed by atoms with Crippen molar-refractivity contribution in [2.24, 2.45) is 0 Å². The predicted molar refractivity (Wildman–Crippen MR) is 74.3 cm³/mol. The third-order valence-electron chi connectivity index (χ3n) is 3.18. The second-order valence-electron chi connectivity index (χ2n) is 4.21. The van der Waals surface area contributed by atoms with Gasteiger partial charge in [-0.1, -0.05) is 48.5 Å². The van der Waals surface area contributed by atoms with Crippen LogP contribution in [-0.4, -0.2) is 6.54 Å². The zero-order valence-corrected chi connectivity index (χ0v) is 10.5. The van der Waals surface area contributed by atoms with E-state index in [2.05, 4.69) is 79.4 Å². The van der Waals surface area contributed by atoms with E-state index in [1.807, 2.05) is 0 Å². The van der Waals surface area contributed by atoms with E-state index in [9.17, 15) is 0 Å². The van der Waals surface area contributed by atoms with E-state index in [1.165, 1.54) is 11.3 Å². The van der Waals surface area contributed by atoms with Crippen LogP contribution in [0.5, 0.6) is 0 Å². The van der Waals surface area contributed by atoms with E-state index in [1.54, 1.807) is 0 Å². The van der Waals surface area contributed by atoms with Gasteiger partial charge in [-0.15, -0.1) is 0 Å². The molecule has 0 bridgehead atoms. The number of benzene rings is 2. The van der Waals surface area contributed by atoms with Gasteiger partial charge in [-0.2, -0.15) is 0 Å². The summed E-state index contributed by atoms with van der Waals surface area (Å²) in [5.41, 5.74) is 2.64. The van der Waals surface area contributed by atoms with Gasteiger partial charge in [0.05, 0.1) is 6.04 Å². The van der Waals surface area contributed by atoms with Crippen molar-refractivity contribution in [2.75, 3.05) is 11.4 Å². The monoisotopic (exact) mass is 225 g/mol. The molecule has 0 heterocycles. The summed E-state index contributed by atoms with van der Waals surface area (Å²) in [4.78, 5) is 2.41. The highest BCUT2D eigenvalue weighted by Gasteiger charge is 2.13. The van der Waals surface area contributed by atoms with Crippen molar-refractivity contribution in [3.8, 4) is 0 Å². The van der Waals surface area contributed by atoms with Crippen molar-refractivity contribution in [1.82, 2.24) is 0 Å². The minimum absolute atomic E-state index is 0.406. The summed E-state index contributed by atoms with van der Waals surface area (Å²) in [7, 11) is 0. The molecular weight excluding hydrogens is 206 g/mol. The highest BCUT2D eigenvalue weighted by Crippen LogP contribution is 2.25. The molecule has 1 atom stereocenters. The first kappa shape index (κ1) is 11.7. The summed E-state index contributed by atoms with van der Waals surface area (Å²) in [6.07, 6.45) is 0. The molecule has 0 aliphatic rings. The van der Waals surface area contributed by atoms with Crippen LogP contribution in [0.1, 0.15) is 25.5 Å². The number of rotatable bonds is 4. The zero-order valence-electron chi connectivity index (χ0n) is 10.5. The Morgan fingerprint density at radius 1 is 0.882 bits per heavy atom. The van der Waals surface area contributed by atoms with Crippen LogP contribution in [0.15, 0.2) is 60.7 Å². The van der Waals surface area contributed by atoms with Gasteiger partial charge in [0.1, 0.15) is 0 Å². The fraction of sp³-hybridized carbons (Fsp3) is 0.250. The molecule has 0 saturated carbocycles. The molecule has 0 fully saturated rings. The molecule has 0 spiro atoms. The minimum Gasteiger partial charge on any atom is -0.365 e. The van der Waals surface area contributed by atoms with E-state index < -0.39 is 0 Å². The van der Waals surface area contributed by atoms with Gasteiger partial charge in [0.25, 0.3) is 0 Å². The summed E-state index contributed by atoms with van der Waals surface area (Å²) < 4.78 is 0.